The summed E-state index contributed by atoms with van der Waals surface area (Å²) in [5, 5.41) is 17.4. The van der Waals surface area contributed by atoms with Gasteiger partial charge in [0.25, 0.3) is 5.91 Å². The number of piperidine rings is 1. The maximum absolute atomic E-state index is 13.1. The van der Waals surface area contributed by atoms with Crippen molar-refractivity contribution in [2.75, 3.05) is 38.7 Å². The SMILES string of the molecule is COCCNc1noc(-c2ccc(Cl)cc2)c1C(=O)N1CCC(O)CC1. The number of benzene rings is 1. The molecule has 0 bridgehead atoms. The molecule has 1 fully saturated rings. The second kappa shape index (κ2) is 8.53. The normalized spacial score (nSPS) is 15.3. The van der Waals surface area contributed by atoms with E-state index in [0.29, 0.717) is 61.2 Å². The highest BCUT2D eigenvalue weighted by atomic mass is 35.5. The summed E-state index contributed by atoms with van der Waals surface area (Å²) in [6.07, 6.45) is 0.788. The highest BCUT2D eigenvalue weighted by Gasteiger charge is 2.30. The molecule has 0 atom stereocenters. The van der Waals surface area contributed by atoms with Crippen molar-refractivity contribution in [3.8, 4) is 11.3 Å². The molecule has 0 unspecified atom stereocenters. The summed E-state index contributed by atoms with van der Waals surface area (Å²) in [5.41, 5.74) is 1.11. The number of aliphatic hydroxyl groups is 1. The Hall–Kier alpha value is -2.09. The lowest BCUT2D eigenvalue weighted by Gasteiger charge is -2.29. The Kier molecular flexibility index (Phi) is 6.13. The Labute approximate surface area is 156 Å². The predicted molar refractivity (Wildman–Crippen MR) is 98.5 cm³/mol. The monoisotopic (exact) mass is 379 g/mol. The van der Waals surface area contributed by atoms with Crippen LogP contribution in [0.4, 0.5) is 5.82 Å². The van der Waals surface area contributed by atoms with Gasteiger partial charge in [0.05, 0.1) is 12.7 Å². The van der Waals surface area contributed by atoms with Crippen LogP contribution in [0.1, 0.15) is 23.2 Å². The standard InChI is InChI=1S/C18H22ClN3O4/c1-25-11-8-20-17-15(18(24)22-9-6-14(23)7-10-22)16(26-21-17)12-2-4-13(19)5-3-12/h2-5,14,23H,6-11H2,1H3,(H,20,21). The molecule has 1 aliphatic heterocycles. The molecule has 0 spiro atoms. The van der Waals surface area contributed by atoms with Crippen LogP contribution < -0.4 is 5.32 Å². The quantitative estimate of drug-likeness (QED) is 0.750. The van der Waals surface area contributed by atoms with Gasteiger partial charge < -0.3 is 24.6 Å². The number of hydrogen-bond donors (Lipinski definition) is 2. The molecule has 0 aliphatic carbocycles. The third-order valence-corrected chi connectivity index (χ3v) is 4.61. The highest BCUT2D eigenvalue weighted by Crippen LogP contribution is 2.32. The molecule has 2 N–H and O–H groups in total. The third-order valence-electron chi connectivity index (χ3n) is 4.36. The largest absolute Gasteiger partial charge is 0.393 e. The Morgan fingerprint density at radius 2 is 2.08 bits per heavy atom. The van der Waals surface area contributed by atoms with Crippen LogP contribution in [0.3, 0.4) is 0 Å². The lowest BCUT2D eigenvalue weighted by Crippen LogP contribution is -2.40. The van der Waals surface area contributed by atoms with Crippen molar-refractivity contribution in [1.82, 2.24) is 10.1 Å². The lowest BCUT2D eigenvalue weighted by atomic mass is 10.0. The number of aromatic nitrogens is 1. The second-order valence-electron chi connectivity index (χ2n) is 6.19. The first-order chi connectivity index (χ1) is 12.6. The summed E-state index contributed by atoms with van der Waals surface area (Å²) in [5.74, 6) is 0.629. The molecule has 26 heavy (non-hydrogen) atoms. The van der Waals surface area contributed by atoms with Crippen molar-refractivity contribution in [3.05, 3.63) is 34.9 Å². The molecular formula is C18H22ClN3O4. The molecule has 2 heterocycles. The van der Waals surface area contributed by atoms with Crippen LogP contribution in [0.25, 0.3) is 11.3 Å². The molecular weight excluding hydrogens is 358 g/mol. The summed E-state index contributed by atoms with van der Waals surface area (Å²) >= 11 is 5.96. The van der Waals surface area contributed by atoms with Gasteiger partial charge in [-0.15, -0.1) is 0 Å². The lowest BCUT2D eigenvalue weighted by molar-refractivity contribution is 0.0547. The summed E-state index contributed by atoms with van der Waals surface area (Å²) in [4.78, 5) is 14.9. The van der Waals surface area contributed by atoms with E-state index in [9.17, 15) is 9.90 Å². The highest BCUT2D eigenvalue weighted by molar-refractivity contribution is 6.30. The Balaban J connectivity index is 1.91. The molecule has 1 aromatic heterocycles. The number of halogens is 1. The topological polar surface area (TPSA) is 87.8 Å². The zero-order valence-corrected chi connectivity index (χ0v) is 15.3. The predicted octanol–water partition coefficient (Wildman–Crippen LogP) is 2.65. The Morgan fingerprint density at radius 3 is 2.73 bits per heavy atom. The van der Waals surface area contributed by atoms with Gasteiger partial charge in [-0.3, -0.25) is 4.79 Å². The van der Waals surface area contributed by atoms with E-state index < -0.39 is 0 Å². The van der Waals surface area contributed by atoms with E-state index in [0.717, 1.165) is 5.56 Å². The summed E-state index contributed by atoms with van der Waals surface area (Å²) < 4.78 is 10.5. The molecule has 140 valence electrons. The zero-order chi connectivity index (χ0) is 18.5. The fourth-order valence-electron chi connectivity index (χ4n) is 2.91. The average molecular weight is 380 g/mol. The van der Waals surface area contributed by atoms with E-state index in [2.05, 4.69) is 10.5 Å². The molecule has 1 aliphatic rings. The molecule has 7 nitrogen and oxygen atoms in total. The van der Waals surface area contributed by atoms with E-state index >= 15 is 0 Å². The fourth-order valence-corrected chi connectivity index (χ4v) is 3.03. The van der Waals surface area contributed by atoms with Gasteiger partial charge in [-0.05, 0) is 37.1 Å². The van der Waals surface area contributed by atoms with Crippen molar-refractivity contribution in [1.29, 1.82) is 0 Å². The van der Waals surface area contributed by atoms with Crippen LogP contribution in [-0.2, 0) is 4.74 Å². The number of nitrogens with zero attached hydrogens (tertiary/aromatic N) is 2. The maximum atomic E-state index is 13.1. The number of amides is 1. The van der Waals surface area contributed by atoms with Gasteiger partial charge >= 0.3 is 0 Å². The number of rotatable bonds is 6. The van der Waals surface area contributed by atoms with E-state index in [4.69, 9.17) is 20.9 Å². The number of ether oxygens (including phenoxy) is 1. The van der Waals surface area contributed by atoms with E-state index in [1.165, 1.54) is 0 Å². The van der Waals surface area contributed by atoms with Gasteiger partial charge in [-0.2, -0.15) is 0 Å². The van der Waals surface area contributed by atoms with Crippen LogP contribution in [0.15, 0.2) is 28.8 Å². The van der Waals surface area contributed by atoms with Gasteiger partial charge in [0.2, 0.25) is 0 Å². The first-order valence-electron chi connectivity index (χ1n) is 8.56. The van der Waals surface area contributed by atoms with Crippen LogP contribution in [0.5, 0.6) is 0 Å². The van der Waals surface area contributed by atoms with E-state index in [1.807, 2.05) is 0 Å². The Morgan fingerprint density at radius 1 is 1.38 bits per heavy atom. The van der Waals surface area contributed by atoms with E-state index in [1.54, 1.807) is 36.3 Å². The summed E-state index contributed by atoms with van der Waals surface area (Å²) in [7, 11) is 1.61. The number of hydrogen-bond acceptors (Lipinski definition) is 6. The minimum Gasteiger partial charge on any atom is -0.393 e. The molecule has 3 rings (SSSR count). The molecule has 0 saturated carbocycles. The van der Waals surface area contributed by atoms with Gasteiger partial charge in [-0.25, -0.2) is 0 Å². The number of carbonyl (C=O) groups excluding carboxylic acids is 1. The van der Waals surface area contributed by atoms with Crippen LogP contribution >= 0.6 is 11.6 Å². The number of carbonyl (C=O) groups is 1. The molecule has 0 radical (unpaired) electrons. The third kappa shape index (κ3) is 4.17. The molecule has 1 saturated heterocycles. The van der Waals surface area contributed by atoms with Crippen molar-refractivity contribution in [2.45, 2.75) is 18.9 Å². The second-order valence-corrected chi connectivity index (χ2v) is 6.62. The molecule has 1 amide bonds. The van der Waals surface area contributed by atoms with Crippen LogP contribution in [0, 0.1) is 0 Å². The molecule has 2 aromatic rings. The number of nitrogens with one attached hydrogen (secondary N) is 1. The first-order valence-corrected chi connectivity index (χ1v) is 8.93. The van der Waals surface area contributed by atoms with Crippen molar-refractivity contribution in [3.63, 3.8) is 0 Å². The smallest absolute Gasteiger partial charge is 0.261 e. The number of likely N-dealkylation sites (tertiary alicyclic amines) is 1. The van der Waals surface area contributed by atoms with Crippen molar-refractivity contribution in [2.24, 2.45) is 0 Å². The summed E-state index contributed by atoms with van der Waals surface area (Å²) in [6, 6.07) is 7.06. The number of anilines is 1. The van der Waals surface area contributed by atoms with Gasteiger partial charge in [0.15, 0.2) is 11.6 Å². The van der Waals surface area contributed by atoms with Crippen LogP contribution in [0.2, 0.25) is 5.02 Å². The minimum absolute atomic E-state index is 0.164. The zero-order valence-electron chi connectivity index (χ0n) is 14.6. The van der Waals surface area contributed by atoms with Crippen molar-refractivity contribution >= 4 is 23.3 Å². The fraction of sp³-hybridized carbons (Fsp3) is 0.444. The van der Waals surface area contributed by atoms with E-state index in [-0.39, 0.29) is 12.0 Å². The average Bonchev–Trinajstić information content (AvgIpc) is 3.06. The number of aliphatic hydroxyl groups excluding tert-OH is 1. The number of methoxy groups -OCH3 is 1. The Bertz CT molecular complexity index is 739. The molecule has 1 aromatic carbocycles. The molecule has 8 heteroatoms. The van der Waals surface area contributed by atoms with Crippen LogP contribution in [-0.4, -0.2) is 60.5 Å². The maximum Gasteiger partial charge on any atom is 0.261 e. The van der Waals surface area contributed by atoms with Gasteiger partial charge in [-0.1, -0.05) is 16.8 Å². The summed E-state index contributed by atoms with van der Waals surface area (Å²) in [6.45, 7) is 1.99. The van der Waals surface area contributed by atoms with Gasteiger partial charge in [0, 0.05) is 37.3 Å². The minimum atomic E-state index is -0.350. The first kappa shape index (κ1) is 18.7. The van der Waals surface area contributed by atoms with Gasteiger partial charge in [0.1, 0.15) is 5.56 Å². The van der Waals surface area contributed by atoms with Crippen molar-refractivity contribution < 1.29 is 19.2 Å².